The van der Waals surface area contributed by atoms with Gasteiger partial charge in [-0.1, -0.05) is 15.9 Å². The number of halogens is 1. The van der Waals surface area contributed by atoms with Crippen LogP contribution in [0.5, 0.6) is 0 Å². The third-order valence-corrected chi connectivity index (χ3v) is 2.06. The van der Waals surface area contributed by atoms with Gasteiger partial charge in [-0.05, 0) is 12.1 Å². The first-order valence-corrected chi connectivity index (χ1v) is 4.82. The Morgan fingerprint density at radius 1 is 1.62 bits per heavy atom. The van der Waals surface area contributed by atoms with Crippen LogP contribution >= 0.6 is 15.9 Å². The molecular weight excluding hydrogens is 280 g/mol. The molecule has 0 aliphatic carbocycles. The molecule has 0 bridgehead atoms. The number of benzene rings is 1. The van der Waals surface area contributed by atoms with Crippen LogP contribution in [-0.2, 0) is 0 Å². The molecule has 1 aromatic carbocycles. The molecule has 0 spiro atoms. The molecule has 0 aliphatic rings. The molecule has 16 heavy (non-hydrogen) atoms. The number of rotatable bonds is 3. The van der Waals surface area contributed by atoms with Crippen molar-refractivity contribution < 1.29 is 9.72 Å². The van der Waals surface area contributed by atoms with Gasteiger partial charge in [0.15, 0.2) is 0 Å². The molecule has 0 radical (unpaired) electrons. The molecule has 1 aromatic rings. The topological polar surface area (TPSA) is 111 Å². The van der Waals surface area contributed by atoms with E-state index in [-0.39, 0.29) is 11.3 Å². The smallest absolute Gasteiger partial charge is 0.332 e. The number of nitro groups is 1. The van der Waals surface area contributed by atoms with Gasteiger partial charge in [0.2, 0.25) is 0 Å². The number of hydrazone groups is 1. The number of amides is 2. The highest BCUT2D eigenvalue weighted by Gasteiger charge is 2.12. The van der Waals surface area contributed by atoms with Crippen LogP contribution in [0.4, 0.5) is 10.5 Å². The van der Waals surface area contributed by atoms with E-state index in [1.807, 2.05) is 5.43 Å². The number of nitrogens with two attached hydrogens (primary N) is 1. The molecule has 0 saturated heterocycles. The van der Waals surface area contributed by atoms with Crippen molar-refractivity contribution in [1.29, 1.82) is 0 Å². The van der Waals surface area contributed by atoms with Crippen molar-refractivity contribution in [1.82, 2.24) is 5.43 Å². The van der Waals surface area contributed by atoms with Gasteiger partial charge in [-0.2, -0.15) is 5.10 Å². The van der Waals surface area contributed by atoms with Gasteiger partial charge in [-0.15, -0.1) is 0 Å². The lowest BCUT2D eigenvalue weighted by Crippen LogP contribution is -2.24. The average Bonchev–Trinajstić information content (AvgIpc) is 2.19. The van der Waals surface area contributed by atoms with Gasteiger partial charge in [0.25, 0.3) is 5.69 Å². The van der Waals surface area contributed by atoms with Crippen molar-refractivity contribution in [2.75, 3.05) is 0 Å². The Hall–Kier alpha value is -1.96. The number of hydrogen-bond donors (Lipinski definition) is 2. The fourth-order valence-electron chi connectivity index (χ4n) is 0.950. The summed E-state index contributed by atoms with van der Waals surface area (Å²) in [6, 6.07) is 3.62. The van der Waals surface area contributed by atoms with E-state index >= 15 is 0 Å². The van der Waals surface area contributed by atoms with Crippen LogP contribution < -0.4 is 11.2 Å². The van der Waals surface area contributed by atoms with E-state index in [1.165, 1.54) is 12.1 Å². The molecule has 84 valence electrons. The van der Waals surface area contributed by atoms with Crippen molar-refractivity contribution >= 4 is 33.9 Å². The number of nitrogens with one attached hydrogen (secondary N) is 1. The summed E-state index contributed by atoms with van der Waals surface area (Å²) in [7, 11) is 0. The minimum absolute atomic E-state index is 0.121. The highest BCUT2D eigenvalue weighted by molar-refractivity contribution is 9.10. The number of nitro benzene ring substituents is 1. The summed E-state index contributed by atoms with van der Waals surface area (Å²) in [5.41, 5.74) is 6.87. The zero-order valence-electron chi connectivity index (χ0n) is 7.88. The van der Waals surface area contributed by atoms with Crippen LogP contribution in [0.15, 0.2) is 27.8 Å². The first-order valence-electron chi connectivity index (χ1n) is 4.03. The predicted molar refractivity (Wildman–Crippen MR) is 61.1 cm³/mol. The van der Waals surface area contributed by atoms with E-state index in [0.29, 0.717) is 4.47 Å². The van der Waals surface area contributed by atoms with E-state index in [1.54, 1.807) is 6.07 Å². The van der Waals surface area contributed by atoms with Gasteiger partial charge >= 0.3 is 6.03 Å². The number of carbonyl (C=O) groups is 1. The van der Waals surface area contributed by atoms with Gasteiger partial charge in [-0.25, -0.2) is 10.2 Å². The van der Waals surface area contributed by atoms with E-state index in [9.17, 15) is 14.9 Å². The molecule has 0 heterocycles. The maximum absolute atomic E-state index is 10.7. The zero-order chi connectivity index (χ0) is 12.1. The average molecular weight is 287 g/mol. The molecule has 0 aromatic heterocycles. The molecule has 0 unspecified atom stereocenters. The van der Waals surface area contributed by atoms with Gasteiger partial charge in [0, 0.05) is 10.5 Å². The van der Waals surface area contributed by atoms with Crippen LogP contribution in [0, 0.1) is 10.1 Å². The minimum Gasteiger partial charge on any atom is -0.350 e. The second kappa shape index (κ2) is 5.21. The van der Waals surface area contributed by atoms with Gasteiger partial charge in [-0.3, -0.25) is 10.1 Å². The van der Waals surface area contributed by atoms with Crippen LogP contribution in [0.3, 0.4) is 0 Å². The Morgan fingerprint density at radius 3 is 2.88 bits per heavy atom. The lowest BCUT2D eigenvalue weighted by atomic mass is 10.2. The van der Waals surface area contributed by atoms with Gasteiger partial charge in [0.1, 0.15) is 0 Å². The predicted octanol–water partition coefficient (Wildman–Crippen LogP) is 1.36. The molecule has 0 atom stereocenters. The monoisotopic (exact) mass is 286 g/mol. The fourth-order valence-corrected chi connectivity index (χ4v) is 1.30. The molecule has 0 aliphatic heterocycles. The van der Waals surface area contributed by atoms with Gasteiger partial charge < -0.3 is 5.73 Å². The summed E-state index contributed by atoms with van der Waals surface area (Å²) in [6.07, 6.45) is 1.15. The van der Waals surface area contributed by atoms with Crippen molar-refractivity contribution in [3.8, 4) is 0 Å². The van der Waals surface area contributed by atoms with E-state index in [0.717, 1.165) is 6.21 Å². The van der Waals surface area contributed by atoms with Crippen molar-refractivity contribution in [2.24, 2.45) is 10.8 Å². The molecular formula is C8H7BrN4O3. The molecule has 2 amide bonds. The lowest BCUT2D eigenvalue weighted by Gasteiger charge is -1.97. The molecule has 8 heteroatoms. The summed E-state index contributed by atoms with van der Waals surface area (Å²) in [6.45, 7) is 0. The third-order valence-electron chi connectivity index (χ3n) is 1.57. The maximum Gasteiger partial charge on any atom is 0.332 e. The van der Waals surface area contributed by atoms with Crippen LogP contribution in [0.2, 0.25) is 0 Å². The van der Waals surface area contributed by atoms with Crippen LogP contribution in [0.25, 0.3) is 0 Å². The lowest BCUT2D eigenvalue weighted by molar-refractivity contribution is -0.385. The normalized spacial score (nSPS) is 10.3. The van der Waals surface area contributed by atoms with Crippen molar-refractivity contribution in [3.05, 3.63) is 38.3 Å². The molecule has 0 fully saturated rings. The summed E-state index contributed by atoms with van der Waals surface area (Å²) >= 11 is 3.12. The molecule has 0 saturated carbocycles. The molecule has 1 rings (SSSR count). The molecule has 7 nitrogen and oxygen atoms in total. The van der Waals surface area contributed by atoms with E-state index in [2.05, 4.69) is 21.0 Å². The Morgan fingerprint density at radius 2 is 2.31 bits per heavy atom. The standard InChI is InChI=1S/C8H7BrN4O3/c9-6-2-1-5(4-11-12-8(10)14)7(3-6)13(15)16/h1-4H,(H3,10,12,14). The van der Waals surface area contributed by atoms with Gasteiger partial charge in [0.05, 0.1) is 16.7 Å². The second-order valence-electron chi connectivity index (χ2n) is 2.69. The Kier molecular flexibility index (Phi) is 3.95. The number of nitrogens with zero attached hydrogens (tertiary/aromatic N) is 2. The van der Waals surface area contributed by atoms with E-state index in [4.69, 9.17) is 5.73 Å². The minimum atomic E-state index is -0.837. The number of carbonyl (C=O) groups excluding carboxylic acids is 1. The van der Waals surface area contributed by atoms with Crippen molar-refractivity contribution in [2.45, 2.75) is 0 Å². The summed E-state index contributed by atoms with van der Waals surface area (Å²) in [5.74, 6) is 0. The Bertz CT molecular complexity index is 461. The number of hydrogen-bond acceptors (Lipinski definition) is 4. The Balaban J connectivity index is 2.99. The second-order valence-corrected chi connectivity index (χ2v) is 3.61. The van der Waals surface area contributed by atoms with E-state index < -0.39 is 11.0 Å². The third kappa shape index (κ3) is 3.31. The summed E-state index contributed by atoms with van der Waals surface area (Å²) < 4.78 is 0.583. The largest absolute Gasteiger partial charge is 0.350 e. The number of primary amides is 1. The zero-order valence-corrected chi connectivity index (χ0v) is 9.47. The number of urea groups is 1. The highest BCUT2D eigenvalue weighted by Crippen LogP contribution is 2.21. The van der Waals surface area contributed by atoms with Crippen LogP contribution in [-0.4, -0.2) is 17.2 Å². The highest BCUT2D eigenvalue weighted by atomic mass is 79.9. The van der Waals surface area contributed by atoms with Crippen LogP contribution in [0.1, 0.15) is 5.56 Å². The van der Waals surface area contributed by atoms with Crippen molar-refractivity contribution in [3.63, 3.8) is 0 Å². The SMILES string of the molecule is NC(=O)NN=Cc1ccc(Br)cc1[N+](=O)[O-]. The summed E-state index contributed by atoms with van der Waals surface area (Å²) in [5, 5.41) is 14.1. The first-order chi connectivity index (χ1) is 7.50. The maximum atomic E-state index is 10.7. The summed E-state index contributed by atoms with van der Waals surface area (Å²) in [4.78, 5) is 20.5. The Labute approximate surface area is 98.6 Å². The molecule has 3 N–H and O–H groups in total. The first kappa shape index (κ1) is 12.1. The quantitative estimate of drug-likeness (QED) is 0.497. The fraction of sp³-hybridized carbons (Fsp3) is 0.